The summed E-state index contributed by atoms with van der Waals surface area (Å²) in [5.41, 5.74) is 3.46. The van der Waals surface area contributed by atoms with E-state index in [1.807, 2.05) is 30.5 Å². The molecule has 88 valence electrons. The average Bonchev–Trinajstić information content (AvgIpc) is 2.39. The molecule has 1 heterocycles. The lowest BCUT2D eigenvalue weighted by Crippen LogP contribution is -1.92. The Bertz CT molecular complexity index is 506. The van der Waals surface area contributed by atoms with E-state index in [-0.39, 0.29) is 0 Å². The van der Waals surface area contributed by atoms with Gasteiger partial charge in [0.15, 0.2) is 0 Å². The highest BCUT2D eigenvalue weighted by molar-refractivity contribution is 5.65. The van der Waals surface area contributed by atoms with Crippen molar-refractivity contribution in [3.05, 3.63) is 48.3 Å². The summed E-state index contributed by atoms with van der Waals surface area (Å²) in [7, 11) is 1.69. The van der Waals surface area contributed by atoms with E-state index < -0.39 is 0 Å². The minimum absolute atomic E-state index is 0.445. The summed E-state index contributed by atoms with van der Waals surface area (Å²) >= 11 is 0. The minimum atomic E-state index is 0.445. The van der Waals surface area contributed by atoms with Gasteiger partial charge >= 0.3 is 0 Å². The van der Waals surface area contributed by atoms with E-state index in [4.69, 9.17) is 4.74 Å². The Kier molecular flexibility index (Phi) is 3.43. The number of aromatic nitrogens is 1. The van der Waals surface area contributed by atoms with Gasteiger partial charge in [0.25, 0.3) is 0 Å². The van der Waals surface area contributed by atoms with Gasteiger partial charge < -0.3 is 4.74 Å². The normalized spacial score (nSPS) is 10.6. The van der Waals surface area contributed by atoms with Gasteiger partial charge in [-0.3, -0.25) is 4.98 Å². The second-order valence-corrected chi connectivity index (χ2v) is 4.36. The van der Waals surface area contributed by atoms with E-state index in [0.29, 0.717) is 5.92 Å². The first kappa shape index (κ1) is 11.6. The van der Waals surface area contributed by atoms with Gasteiger partial charge in [0.05, 0.1) is 7.11 Å². The molecule has 0 unspecified atom stereocenters. The number of rotatable bonds is 3. The Morgan fingerprint density at radius 2 is 1.82 bits per heavy atom. The largest absolute Gasteiger partial charge is 0.497 e. The summed E-state index contributed by atoms with van der Waals surface area (Å²) in [6, 6.07) is 12.2. The van der Waals surface area contributed by atoms with Crippen LogP contribution in [0.4, 0.5) is 0 Å². The first-order valence-electron chi connectivity index (χ1n) is 5.81. The number of nitrogens with zero attached hydrogens (tertiary/aromatic N) is 1. The molecule has 2 rings (SSSR count). The molecular weight excluding hydrogens is 210 g/mol. The smallest absolute Gasteiger partial charge is 0.119 e. The number of ether oxygens (including phenoxy) is 1. The van der Waals surface area contributed by atoms with Gasteiger partial charge in [0.2, 0.25) is 0 Å². The van der Waals surface area contributed by atoms with E-state index in [9.17, 15) is 0 Å². The van der Waals surface area contributed by atoms with Crippen LogP contribution in [-0.2, 0) is 0 Å². The Hall–Kier alpha value is -1.83. The van der Waals surface area contributed by atoms with Gasteiger partial charge in [-0.2, -0.15) is 0 Å². The van der Waals surface area contributed by atoms with Crippen LogP contribution in [0, 0.1) is 0 Å². The summed E-state index contributed by atoms with van der Waals surface area (Å²) in [5.74, 6) is 1.32. The summed E-state index contributed by atoms with van der Waals surface area (Å²) < 4.78 is 5.24. The number of benzene rings is 1. The molecule has 0 saturated heterocycles. The lowest BCUT2D eigenvalue weighted by atomic mass is 10.0. The molecule has 0 aliphatic heterocycles. The molecule has 0 bridgehead atoms. The van der Waals surface area contributed by atoms with Crippen molar-refractivity contribution in [1.29, 1.82) is 0 Å². The van der Waals surface area contributed by atoms with E-state index in [2.05, 4.69) is 31.0 Å². The van der Waals surface area contributed by atoms with Crippen molar-refractivity contribution >= 4 is 0 Å². The summed E-state index contributed by atoms with van der Waals surface area (Å²) in [4.78, 5) is 4.38. The van der Waals surface area contributed by atoms with Crippen LogP contribution >= 0.6 is 0 Å². The Morgan fingerprint density at radius 1 is 1.06 bits per heavy atom. The third-order valence-corrected chi connectivity index (χ3v) is 2.78. The molecular formula is C15H17NO. The zero-order chi connectivity index (χ0) is 12.3. The maximum absolute atomic E-state index is 5.24. The third-order valence-electron chi connectivity index (χ3n) is 2.78. The van der Waals surface area contributed by atoms with Crippen molar-refractivity contribution in [3.8, 4) is 16.9 Å². The van der Waals surface area contributed by atoms with Crippen molar-refractivity contribution in [3.63, 3.8) is 0 Å². The predicted octanol–water partition coefficient (Wildman–Crippen LogP) is 3.88. The molecule has 0 atom stereocenters. The second kappa shape index (κ2) is 5.00. The second-order valence-electron chi connectivity index (χ2n) is 4.36. The van der Waals surface area contributed by atoms with E-state index >= 15 is 0 Å². The first-order chi connectivity index (χ1) is 8.20. The van der Waals surface area contributed by atoms with Gasteiger partial charge in [-0.25, -0.2) is 0 Å². The maximum atomic E-state index is 5.24. The van der Waals surface area contributed by atoms with Crippen LogP contribution in [-0.4, -0.2) is 12.1 Å². The molecule has 0 N–H and O–H groups in total. The number of methoxy groups -OCH3 is 1. The number of hydrogen-bond donors (Lipinski definition) is 0. The Morgan fingerprint density at radius 3 is 2.53 bits per heavy atom. The van der Waals surface area contributed by atoms with E-state index in [1.165, 1.54) is 5.56 Å². The molecule has 17 heavy (non-hydrogen) atoms. The quantitative estimate of drug-likeness (QED) is 0.793. The van der Waals surface area contributed by atoms with Crippen LogP contribution < -0.4 is 4.74 Å². The van der Waals surface area contributed by atoms with Crippen LogP contribution in [0.1, 0.15) is 25.5 Å². The van der Waals surface area contributed by atoms with Gasteiger partial charge in [-0.1, -0.05) is 26.0 Å². The molecule has 1 aromatic carbocycles. The summed E-state index contributed by atoms with van der Waals surface area (Å²) in [5, 5.41) is 0. The van der Waals surface area contributed by atoms with Crippen molar-refractivity contribution in [2.24, 2.45) is 0 Å². The monoisotopic (exact) mass is 227 g/mol. The molecule has 0 saturated carbocycles. The molecule has 0 spiro atoms. The maximum Gasteiger partial charge on any atom is 0.119 e. The van der Waals surface area contributed by atoms with Crippen LogP contribution in [0.15, 0.2) is 42.6 Å². The molecule has 1 aromatic heterocycles. The zero-order valence-electron chi connectivity index (χ0n) is 10.5. The van der Waals surface area contributed by atoms with Gasteiger partial charge in [-0.05, 0) is 41.3 Å². The van der Waals surface area contributed by atoms with Crippen LogP contribution in [0.3, 0.4) is 0 Å². The molecule has 2 heteroatoms. The highest BCUT2D eigenvalue weighted by Crippen LogP contribution is 2.25. The molecule has 2 nitrogen and oxygen atoms in total. The van der Waals surface area contributed by atoms with Crippen LogP contribution in [0.25, 0.3) is 11.1 Å². The lowest BCUT2D eigenvalue weighted by molar-refractivity contribution is 0.415. The highest BCUT2D eigenvalue weighted by atomic mass is 16.5. The topological polar surface area (TPSA) is 22.1 Å². The predicted molar refractivity (Wildman–Crippen MR) is 70.3 cm³/mol. The SMILES string of the molecule is COc1cccc(-c2ccnc(C(C)C)c2)c1. The fraction of sp³-hybridized carbons (Fsp3) is 0.267. The van der Waals surface area contributed by atoms with Crippen molar-refractivity contribution in [1.82, 2.24) is 4.98 Å². The van der Waals surface area contributed by atoms with Crippen LogP contribution in [0.2, 0.25) is 0 Å². The highest BCUT2D eigenvalue weighted by Gasteiger charge is 2.04. The molecule has 0 radical (unpaired) electrons. The third kappa shape index (κ3) is 2.64. The minimum Gasteiger partial charge on any atom is -0.497 e. The fourth-order valence-corrected chi connectivity index (χ4v) is 1.75. The molecule has 0 aliphatic carbocycles. The first-order valence-corrected chi connectivity index (χ1v) is 5.81. The number of pyridine rings is 1. The van der Waals surface area contributed by atoms with Crippen molar-refractivity contribution in [2.45, 2.75) is 19.8 Å². The Balaban J connectivity index is 2.41. The average molecular weight is 227 g/mol. The van der Waals surface area contributed by atoms with Gasteiger partial charge in [-0.15, -0.1) is 0 Å². The van der Waals surface area contributed by atoms with Gasteiger partial charge in [0.1, 0.15) is 5.75 Å². The summed E-state index contributed by atoms with van der Waals surface area (Å²) in [6.07, 6.45) is 1.87. The van der Waals surface area contributed by atoms with Crippen LogP contribution in [0.5, 0.6) is 5.75 Å². The van der Waals surface area contributed by atoms with E-state index in [1.54, 1.807) is 7.11 Å². The zero-order valence-corrected chi connectivity index (χ0v) is 10.5. The molecule has 0 fully saturated rings. The summed E-state index contributed by atoms with van der Waals surface area (Å²) in [6.45, 7) is 4.30. The Labute approximate surface area is 102 Å². The number of hydrogen-bond acceptors (Lipinski definition) is 2. The molecule has 2 aromatic rings. The van der Waals surface area contributed by atoms with Crippen molar-refractivity contribution < 1.29 is 4.74 Å². The van der Waals surface area contributed by atoms with Gasteiger partial charge in [0, 0.05) is 11.9 Å². The van der Waals surface area contributed by atoms with E-state index in [0.717, 1.165) is 17.0 Å². The molecule has 0 aliphatic rings. The molecule has 0 amide bonds. The van der Waals surface area contributed by atoms with Crippen molar-refractivity contribution in [2.75, 3.05) is 7.11 Å². The standard InChI is InChI=1S/C15H17NO/c1-11(2)15-10-13(7-8-16-15)12-5-4-6-14(9-12)17-3/h4-11H,1-3H3. The lowest BCUT2D eigenvalue weighted by Gasteiger charge is -2.08. The fourth-order valence-electron chi connectivity index (χ4n) is 1.75.